The van der Waals surface area contributed by atoms with Crippen molar-refractivity contribution in [1.82, 2.24) is 4.72 Å². The predicted molar refractivity (Wildman–Crippen MR) is 119 cm³/mol. The summed E-state index contributed by atoms with van der Waals surface area (Å²) in [5.41, 5.74) is 4.15. The second kappa shape index (κ2) is 9.41. The van der Waals surface area contributed by atoms with E-state index in [0.29, 0.717) is 30.9 Å². The van der Waals surface area contributed by atoms with Crippen LogP contribution in [0, 0.1) is 0 Å². The minimum absolute atomic E-state index is 0.256. The molecule has 0 saturated carbocycles. The van der Waals surface area contributed by atoms with Gasteiger partial charge in [0, 0.05) is 6.54 Å². The Kier molecular flexibility index (Phi) is 6.90. The lowest BCUT2D eigenvalue weighted by Gasteiger charge is -2.07. The highest BCUT2D eigenvalue weighted by atomic mass is 32.2. The summed E-state index contributed by atoms with van der Waals surface area (Å²) >= 11 is 0. The third kappa shape index (κ3) is 5.07. The lowest BCUT2D eigenvalue weighted by Crippen LogP contribution is -2.24. The van der Waals surface area contributed by atoms with E-state index in [2.05, 4.69) is 24.6 Å². The number of carboxylic acids is 1. The number of rotatable bonds is 9. The van der Waals surface area contributed by atoms with Crippen molar-refractivity contribution in [2.45, 2.75) is 43.9 Å². The molecular formula is C24H27NO4S. The molecule has 0 fully saturated rings. The third-order valence-corrected chi connectivity index (χ3v) is 6.72. The summed E-state index contributed by atoms with van der Waals surface area (Å²) in [4.78, 5) is 11.9. The second-order valence-electron chi connectivity index (χ2n) is 7.71. The molecule has 0 heterocycles. The SMILES string of the molecule is CC(C)c1ccc2c(CCCCNS(=O)(=O)c3ccccc3)cc(C(=O)O)c-2cc1. The van der Waals surface area contributed by atoms with Crippen molar-refractivity contribution < 1.29 is 18.3 Å². The van der Waals surface area contributed by atoms with Gasteiger partial charge in [-0.2, -0.15) is 0 Å². The quantitative estimate of drug-likeness (QED) is 0.477. The van der Waals surface area contributed by atoms with Gasteiger partial charge in [0.1, 0.15) is 0 Å². The molecule has 0 bridgehead atoms. The Hall–Kier alpha value is -2.70. The Balaban J connectivity index is 1.67. The normalized spacial score (nSPS) is 11.8. The molecular weight excluding hydrogens is 398 g/mol. The standard InChI is InChI=1S/C24H27NO4S/c1-17(2)18-11-13-21-19(16-23(24(26)27)22(21)14-12-18)8-6-7-15-25-30(28,29)20-9-4-3-5-10-20/h3-5,9-14,16-17,25H,6-8,15H2,1-2H3,(H,26,27). The fourth-order valence-corrected chi connectivity index (χ4v) is 4.63. The first-order chi connectivity index (χ1) is 14.3. The van der Waals surface area contributed by atoms with Gasteiger partial charge in [0.15, 0.2) is 0 Å². The van der Waals surface area contributed by atoms with Gasteiger partial charge in [0.05, 0.1) is 10.5 Å². The number of hydrogen-bond acceptors (Lipinski definition) is 3. The minimum atomic E-state index is -3.50. The monoisotopic (exact) mass is 425 g/mol. The van der Waals surface area contributed by atoms with Gasteiger partial charge in [-0.3, -0.25) is 0 Å². The minimum Gasteiger partial charge on any atom is -0.478 e. The van der Waals surface area contributed by atoms with Crippen molar-refractivity contribution in [1.29, 1.82) is 0 Å². The maximum Gasteiger partial charge on any atom is 0.336 e. The molecule has 2 N–H and O–H groups in total. The van der Waals surface area contributed by atoms with Crippen LogP contribution in [-0.4, -0.2) is 26.0 Å². The molecule has 1 aromatic rings. The summed E-state index contributed by atoms with van der Waals surface area (Å²) in [5, 5.41) is 9.59. The molecule has 0 spiro atoms. The number of unbranched alkanes of at least 4 members (excludes halogenated alkanes) is 1. The molecule has 0 radical (unpaired) electrons. The lowest BCUT2D eigenvalue weighted by molar-refractivity contribution is 0.0698. The summed E-state index contributed by atoms with van der Waals surface area (Å²) in [6, 6.07) is 18.0. The van der Waals surface area contributed by atoms with E-state index in [1.54, 1.807) is 36.4 Å². The number of nitrogens with one attached hydrogen (secondary N) is 1. The highest BCUT2D eigenvalue weighted by molar-refractivity contribution is 7.89. The average Bonchev–Trinajstić information content (AvgIpc) is 2.91. The molecule has 2 aliphatic carbocycles. The Bertz CT molecular complexity index is 1090. The van der Waals surface area contributed by atoms with Gasteiger partial charge < -0.3 is 5.11 Å². The van der Waals surface area contributed by atoms with E-state index in [4.69, 9.17) is 0 Å². The van der Waals surface area contributed by atoms with E-state index >= 15 is 0 Å². The van der Waals surface area contributed by atoms with Crippen LogP contribution in [0.3, 0.4) is 0 Å². The highest BCUT2D eigenvalue weighted by Gasteiger charge is 2.19. The van der Waals surface area contributed by atoms with Crippen LogP contribution in [-0.2, 0) is 16.4 Å². The molecule has 2 aliphatic rings. The van der Waals surface area contributed by atoms with Crippen LogP contribution >= 0.6 is 0 Å². The largest absolute Gasteiger partial charge is 0.478 e. The molecule has 0 aliphatic heterocycles. The van der Waals surface area contributed by atoms with E-state index in [1.807, 2.05) is 18.2 Å². The summed E-state index contributed by atoms with van der Waals surface area (Å²) in [6.45, 7) is 4.55. The van der Waals surface area contributed by atoms with E-state index < -0.39 is 16.0 Å². The van der Waals surface area contributed by atoms with Crippen LogP contribution in [0.25, 0.3) is 11.1 Å². The Labute approximate surface area is 178 Å². The van der Waals surface area contributed by atoms with E-state index in [1.165, 1.54) is 0 Å². The lowest BCUT2D eigenvalue weighted by atomic mass is 10.0. The van der Waals surface area contributed by atoms with Gasteiger partial charge in [-0.05, 0) is 65.6 Å². The van der Waals surface area contributed by atoms with Crippen molar-refractivity contribution in [3.8, 4) is 11.1 Å². The zero-order valence-electron chi connectivity index (χ0n) is 17.3. The molecule has 30 heavy (non-hydrogen) atoms. The number of carboxylic acid groups (broad SMARTS) is 1. The molecule has 0 unspecified atom stereocenters. The van der Waals surface area contributed by atoms with Crippen LogP contribution in [0.15, 0.2) is 65.6 Å². The summed E-state index contributed by atoms with van der Waals surface area (Å²) in [7, 11) is -3.50. The van der Waals surface area contributed by atoms with Crippen molar-refractivity contribution in [2.75, 3.05) is 6.54 Å². The molecule has 1 aromatic carbocycles. The number of aromatic carboxylic acids is 1. The van der Waals surface area contributed by atoms with E-state index in [9.17, 15) is 18.3 Å². The van der Waals surface area contributed by atoms with Crippen LogP contribution in [0.4, 0.5) is 0 Å². The first kappa shape index (κ1) is 22.0. The summed E-state index contributed by atoms with van der Waals surface area (Å²) in [6.07, 6.45) is 2.11. The number of sulfonamides is 1. The van der Waals surface area contributed by atoms with Crippen LogP contribution in [0.5, 0.6) is 0 Å². The fraction of sp³-hybridized carbons (Fsp3) is 0.292. The number of carbonyl (C=O) groups is 1. The van der Waals surface area contributed by atoms with E-state index in [-0.39, 0.29) is 4.90 Å². The first-order valence-corrected chi connectivity index (χ1v) is 11.6. The average molecular weight is 426 g/mol. The molecule has 0 aromatic heterocycles. The first-order valence-electron chi connectivity index (χ1n) is 10.1. The number of hydrogen-bond donors (Lipinski definition) is 2. The van der Waals surface area contributed by atoms with Crippen molar-refractivity contribution in [3.05, 3.63) is 77.4 Å². The van der Waals surface area contributed by atoms with Crippen molar-refractivity contribution in [3.63, 3.8) is 0 Å². The fourth-order valence-electron chi connectivity index (χ4n) is 3.54. The number of aryl methyl sites for hydroxylation is 1. The zero-order chi connectivity index (χ0) is 21.7. The molecule has 0 atom stereocenters. The Morgan fingerprint density at radius 2 is 1.63 bits per heavy atom. The molecule has 158 valence electrons. The van der Waals surface area contributed by atoms with Crippen LogP contribution in [0.2, 0.25) is 0 Å². The number of benzene rings is 1. The Morgan fingerprint density at radius 1 is 0.967 bits per heavy atom. The second-order valence-corrected chi connectivity index (χ2v) is 9.47. The van der Waals surface area contributed by atoms with E-state index in [0.717, 1.165) is 28.7 Å². The van der Waals surface area contributed by atoms with Crippen LogP contribution in [0.1, 0.15) is 54.1 Å². The molecule has 5 nitrogen and oxygen atoms in total. The van der Waals surface area contributed by atoms with Gasteiger partial charge in [0.25, 0.3) is 0 Å². The maximum absolute atomic E-state index is 12.3. The highest BCUT2D eigenvalue weighted by Crippen LogP contribution is 2.34. The van der Waals surface area contributed by atoms with Gasteiger partial charge in [0.2, 0.25) is 10.0 Å². The van der Waals surface area contributed by atoms with Crippen molar-refractivity contribution >= 4 is 16.0 Å². The molecule has 0 amide bonds. The maximum atomic E-state index is 12.3. The van der Waals surface area contributed by atoms with Gasteiger partial charge >= 0.3 is 5.97 Å². The summed E-state index contributed by atoms with van der Waals surface area (Å²) < 4.78 is 27.2. The topological polar surface area (TPSA) is 83.5 Å². The van der Waals surface area contributed by atoms with Crippen LogP contribution < -0.4 is 4.72 Å². The zero-order valence-corrected chi connectivity index (χ0v) is 18.1. The predicted octanol–water partition coefficient (Wildman–Crippen LogP) is 4.91. The van der Waals surface area contributed by atoms with Crippen molar-refractivity contribution in [2.24, 2.45) is 0 Å². The molecule has 0 saturated heterocycles. The molecule has 6 heteroatoms. The van der Waals surface area contributed by atoms with Gasteiger partial charge in [-0.1, -0.05) is 56.3 Å². The molecule has 3 rings (SSSR count). The third-order valence-electron chi connectivity index (χ3n) is 5.25. The summed E-state index contributed by atoms with van der Waals surface area (Å²) in [5.74, 6) is -0.574. The van der Waals surface area contributed by atoms with Gasteiger partial charge in [-0.15, -0.1) is 0 Å². The Morgan fingerprint density at radius 3 is 2.27 bits per heavy atom. The smallest absolute Gasteiger partial charge is 0.336 e. The number of fused-ring (bicyclic) bond motifs is 1. The van der Waals surface area contributed by atoms with Gasteiger partial charge in [-0.25, -0.2) is 17.9 Å².